The number of hydrogen-bond acceptors (Lipinski definition) is 11. The van der Waals surface area contributed by atoms with Crippen LogP contribution in [0.1, 0.15) is 5.56 Å². The van der Waals surface area contributed by atoms with Crippen LogP contribution in [0.25, 0.3) is 22.4 Å². The van der Waals surface area contributed by atoms with Crippen LogP contribution in [0.3, 0.4) is 0 Å². The Morgan fingerprint density at radius 3 is 2.12 bits per heavy atom. The van der Waals surface area contributed by atoms with Crippen molar-refractivity contribution in [2.24, 2.45) is 10.2 Å². The van der Waals surface area contributed by atoms with E-state index in [2.05, 4.69) is 16.3 Å². The first-order chi connectivity index (χ1) is 20.4. The predicted octanol–water partition coefficient (Wildman–Crippen LogP) is 4.60. The molecule has 0 aliphatic carbocycles. The van der Waals surface area contributed by atoms with E-state index in [1.54, 1.807) is 31.4 Å². The number of nitrogens with zero attached hydrogens (tertiary/aromatic N) is 4. The fraction of sp³-hybridized carbons (Fsp3) is 0.226. The smallest absolute Gasteiger partial charge is 0.138 e. The molecule has 1 aliphatic heterocycles. The van der Waals surface area contributed by atoms with Crippen molar-refractivity contribution in [1.82, 2.24) is 4.98 Å². The molecule has 0 bridgehead atoms. The number of aliphatic hydroxyl groups is 4. The van der Waals surface area contributed by atoms with Crippen molar-refractivity contribution in [2.45, 2.75) is 34.9 Å². The average Bonchev–Trinajstić information content (AvgIpc) is 3.04. The van der Waals surface area contributed by atoms with E-state index in [1.165, 1.54) is 0 Å². The van der Waals surface area contributed by atoms with Gasteiger partial charge in [-0.1, -0.05) is 72.4 Å². The van der Waals surface area contributed by atoms with Crippen molar-refractivity contribution in [3.8, 4) is 34.2 Å². The van der Waals surface area contributed by atoms with Crippen molar-refractivity contribution < 1.29 is 29.9 Å². The lowest BCUT2D eigenvalue weighted by molar-refractivity contribution is -0.205. The highest BCUT2D eigenvalue weighted by Gasteiger charge is 2.44. The largest absolute Gasteiger partial charge is 0.497 e. The molecule has 1 saturated heterocycles. The summed E-state index contributed by atoms with van der Waals surface area (Å²) in [4.78, 5) is 4.83. The van der Waals surface area contributed by atoms with E-state index in [4.69, 9.17) is 14.5 Å². The third-order valence-electron chi connectivity index (χ3n) is 6.77. The third kappa shape index (κ3) is 6.05. The van der Waals surface area contributed by atoms with Crippen molar-refractivity contribution in [3.05, 3.63) is 90.5 Å². The second kappa shape index (κ2) is 13.2. The maximum atomic E-state index is 10.7. The van der Waals surface area contributed by atoms with Gasteiger partial charge in [0.05, 0.1) is 30.7 Å². The van der Waals surface area contributed by atoms with E-state index < -0.39 is 36.5 Å². The minimum Gasteiger partial charge on any atom is -0.497 e. The van der Waals surface area contributed by atoms with Gasteiger partial charge >= 0.3 is 0 Å². The van der Waals surface area contributed by atoms with Gasteiger partial charge in [0.15, 0.2) is 0 Å². The Hall–Kier alpha value is -4.15. The zero-order chi connectivity index (χ0) is 29.6. The molecular formula is C31H28N4O6S. The molecule has 1 fully saturated rings. The SMILES string of the molecule is COc1ccc(N=Nc2c(-c3ccccc3)nc(S[C@@H]3O[C@H](CO)[C@@H](O)[C@H](O)[C@H]3O)c(C#N)c2-c2ccccc2)cc1. The van der Waals surface area contributed by atoms with Crippen LogP contribution in [0.5, 0.6) is 5.75 Å². The second-order valence-electron chi connectivity index (χ2n) is 9.42. The highest BCUT2D eigenvalue weighted by atomic mass is 32.2. The van der Waals surface area contributed by atoms with E-state index >= 15 is 0 Å². The number of benzene rings is 3. The van der Waals surface area contributed by atoms with Gasteiger partial charge in [-0.3, -0.25) is 0 Å². The maximum Gasteiger partial charge on any atom is 0.138 e. The monoisotopic (exact) mass is 584 g/mol. The Balaban J connectivity index is 1.71. The molecule has 1 aliphatic rings. The number of azo groups is 1. The van der Waals surface area contributed by atoms with Crippen LogP contribution in [-0.2, 0) is 4.74 Å². The van der Waals surface area contributed by atoms with Crippen LogP contribution in [0.2, 0.25) is 0 Å². The summed E-state index contributed by atoms with van der Waals surface area (Å²) in [5.41, 5.74) is 2.23. The van der Waals surface area contributed by atoms with Crippen LogP contribution in [0, 0.1) is 11.3 Å². The minimum atomic E-state index is -1.57. The summed E-state index contributed by atoms with van der Waals surface area (Å²) >= 11 is 0.919. The molecule has 0 unspecified atom stereocenters. The topological polar surface area (TPSA) is 161 Å². The highest BCUT2D eigenvalue weighted by Crippen LogP contribution is 2.46. The number of aliphatic hydroxyl groups excluding tert-OH is 4. The molecule has 214 valence electrons. The van der Waals surface area contributed by atoms with Crippen LogP contribution in [0.15, 0.2) is 100 Å². The van der Waals surface area contributed by atoms with Gasteiger partial charge in [0, 0.05) is 11.1 Å². The van der Waals surface area contributed by atoms with Gasteiger partial charge in [-0.05, 0) is 29.8 Å². The van der Waals surface area contributed by atoms with E-state index in [9.17, 15) is 25.7 Å². The first-order valence-electron chi connectivity index (χ1n) is 13.1. The van der Waals surface area contributed by atoms with Gasteiger partial charge in [-0.25, -0.2) is 4.98 Å². The summed E-state index contributed by atoms with van der Waals surface area (Å²) < 4.78 is 11.0. The fourth-order valence-electron chi connectivity index (χ4n) is 4.56. The van der Waals surface area contributed by atoms with Crippen molar-refractivity contribution in [2.75, 3.05) is 13.7 Å². The normalized spacial score (nSPS) is 22.1. The van der Waals surface area contributed by atoms with Gasteiger partial charge in [0.1, 0.15) is 52.4 Å². The first kappa shape index (κ1) is 29.3. The molecule has 4 N–H and O–H groups in total. The Morgan fingerprint density at radius 1 is 0.881 bits per heavy atom. The second-order valence-corrected chi connectivity index (χ2v) is 10.5. The summed E-state index contributed by atoms with van der Waals surface area (Å²) in [5.74, 6) is 0.673. The zero-order valence-electron chi connectivity index (χ0n) is 22.5. The van der Waals surface area contributed by atoms with Crippen molar-refractivity contribution >= 4 is 23.1 Å². The van der Waals surface area contributed by atoms with Crippen LogP contribution in [-0.4, -0.2) is 69.0 Å². The molecule has 0 saturated carbocycles. The molecule has 5 atom stereocenters. The lowest BCUT2D eigenvalue weighted by atomic mass is 9.96. The fourth-order valence-corrected chi connectivity index (χ4v) is 5.68. The van der Waals surface area contributed by atoms with E-state index in [0.29, 0.717) is 39.5 Å². The van der Waals surface area contributed by atoms with Gasteiger partial charge in [0.25, 0.3) is 0 Å². The summed E-state index contributed by atoms with van der Waals surface area (Å²) in [6.45, 7) is -0.574. The van der Waals surface area contributed by atoms with Crippen molar-refractivity contribution in [1.29, 1.82) is 5.26 Å². The number of aromatic nitrogens is 1. The minimum absolute atomic E-state index is 0.159. The van der Waals surface area contributed by atoms with E-state index in [-0.39, 0.29) is 10.6 Å². The summed E-state index contributed by atoms with van der Waals surface area (Å²) in [6, 6.07) is 27.8. The van der Waals surface area contributed by atoms with Gasteiger partial charge in [-0.2, -0.15) is 10.4 Å². The lowest BCUT2D eigenvalue weighted by Gasteiger charge is -2.39. The Kier molecular flexibility index (Phi) is 9.24. The number of thioether (sulfide) groups is 1. The number of rotatable bonds is 8. The number of nitriles is 1. The first-order valence-corrected chi connectivity index (χ1v) is 13.9. The van der Waals surface area contributed by atoms with E-state index in [1.807, 2.05) is 60.7 Å². The molecule has 4 aromatic rings. The van der Waals surface area contributed by atoms with Gasteiger partial charge in [-0.15, -0.1) is 5.11 Å². The average molecular weight is 585 g/mol. The molecule has 1 aromatic heterocycles. The summed E-state index contributed by atoms with van der Waals surface area (Å²) in [7, 11) is 1.58. The number of pyridine rings is 1. The molecule has 11 heteroatoms. The van der Waals surface area contributed by atoms with Crippen LogP contribution in [0.4, 0.5) is 11.4 Å². The van der Waals surface area contributed by atoms with E-state index in [0.717, 1.165) is 11.8 Å². The summed E-state index contributed by atoms with van der Waals surface area (Å²) in [6.07, 6.45) is -5.70. The third-order valence-corrected chi connectivity index (χ3v) is 7.91. The van der Waals surface area contributed by atoms with Gasteiger partial charge < -0.3 is 29.9 Å². The summed E-state index contributed by atoms with van der Waals surface area (Å²) in [5, 5.41) is 60.8. The molecule has 3 aromatic carbocycles. The van der Waals surface area contributed by atoms with Crippen molar-refractivity contribution in [3.63, 3.8) is 0 Å². The Labute approximate surface area is 246 Å². The Bertz CT molecular complexity index is 1580. The van der Waals surface area contributed by atoms with Crippen LogP contribution < -0.4 is 4.74 Å². The van der Waals surface area contributed by atoms with Gasteiger partial charge in [0.2, 0.25) is 0 Å². The lowest BCUT2D eigenvalue weighted by Crippen LogP contribution is -2.57. The molecule has 5 rings (SSSR count). The van der Waals surface area contributed by atoms with Crippen LogP contribution >= 0.6 is 11.8 Å². The molecule has 0 spiro atoms. The molecule has 10 nitrogen and oxygen atoms in total. The zero-order valence-corrected chi connectivity index (χ0v) is 23.3. The standard InChI is InChI=1S/C31H28N4O6S/c1-40-21-14-12-20(13-15-21)34-35-26-24(18-8-4-2-5-9-18)22(16-32)30(33-25(26)19-10-6-3-7-11-19)42-31-29(39)28(38)27(37)23(17-36)41-31/h2-15,23,27-29,31,36-39H,17H2,1H3/t23-,27-,28+,29-,31+/m1/s1. The number of hydrogen-bond donors (Lipinski definition) is 4. The molecule has 42 heavy (non-hydrogen) atoms. The predicted molar refractivity (Wildman–Crippen MR) is 157 cm³/mol. The quantitative estimate of drug-likeness (QED) is 0.217. The number of methoxy groups -OCH3 is 1. The molecule has 0 radical (unpaired) electrons. The Morgan fingerprint density at radius 2 is 1.52 bits per heavy atom. The highest BCUT2D eigenvalue weighted by molar-refractivity contribution is 7.99. The maximum absolute atomic E-state index is 10.7. The molecular weight excluding hydrogens is 556 g/mol. The molecule has 0 amide bonds. The molecule has 2 heterocycles. The number of ether oxygens (including phenoxy) is 2.